The zero-order chi connectivity index (χ0) is 20.9. The largest absolute Gasteiger partial charge is 2.00 e. The van der Waals surface area contributed by atoms with Crippen LogP contribution in [-0.2, 0) is 30.7 Å². The van der Waals surface area contributed by atoms with Gasteiger partial charge in [0.2, 0.25) is 0 Å². The van der Waals surface area contributed by atoms with Gasteiger partial charge >= 0.3 is 21.1 Å². The van der Waals surface area contributed by atoms with Gasteiger partial charge in [-0.1, -0.05) is 30.7 Å². The van der Waals surface area contributed by atoms with Gasteiger partial charge in [0, 0.05) is 17.5 Å². The van der Waals surface area contributed by atoms with Crippen molar-refractivity contribution in [2.24, 2.45) is 16.9 Å². The number of halogens is 2. The Kier molecular flexibility index (Phi) is 9.07. The van der Waals surface area contributed by atoms with Crippen molar-refractivity contribution in [3.8, 4) is 0 Å². The monoisotopic (exact) mass is 585 g/mol. The molecule has 1 fully saturated rings. The van der Waals surface area contributed by atoms with E-state index in [1.165, 1.54) is 24.3 Å². The van der Waals surface area contributed by atoms with E-state index < -0.39 is 29.4 Å². The van der Waals surface area contributed by atoms with Crippen LogP contribution in [0.1, 0.15) is 42.5 Å². The quantitative estimate of drug-likeness (QED) is 0.486. The number of carbonyl (C=O) groups excluding carboxylic acids is 2. The molecule has 0 bridgehead atoms. The molecule has 1 aliphatic carbocycles. The van der Waals surface area contributed by atoms with Gasteiger partial charge in [-0.3, -0.25) is 0 Å². The maximum Gasteiger partial charge on any atom is 2.00 e. The average molecular weight is 585 g/mol. The van der Waals surface area contributed by atoms with Gasteiger partial charge in [0.05, 0.1) is 11.9 Å². The molecule has 0 aliphatic heterocycles. The zero-order valence-electron chi connectivity index (χ0n) is 15.3. The van der Waals surface area contributed by atoms with E-state index in [-0.39, 0.29) is 45.5 Å². The van der Waals surface area contributed by atoms with Crippen LogP contribution in [0.5, 0.6) is 0 Å². The minimum absolute atomic E-state index is 0. The van der Waals surface area contributed by atoms with E-state index >= 15 is 0 Å². The predicted octanol–water partition coefficient (Wildman–Crippen LogP) is 0.319. The average Bonchev–Trinajstić information content (AvgIpc) is 2.60. The minimum atomic E-state index is -1.67. The molecule has 158 valence electrons. The Morgan fingerprint density at radius 2 is 1.10 bits per heavy atom. The Bertz CT molecular complexity index is 762. The molecule has 1 saturated carbocycles. The van der Waals surface area contributed by atoms with Gasteiger partial charge in [-0.2, -0.15) is 0 Å². The number of hydrogen-bond donors (Lipinski definition) is 2. The summed E-state index contributed by atoms with van der Waals surface area (Å²) in [5, 5.41) is 20.4. The topological polar surface area (TPSA) is 132 Å². The molecule has 1 aliphatic rings. The van der Waals surface area contributed by atoms with Crippen molar-refractivity contribution in [1.29, 1.82) is 0 Å². The smallest absolute Gasteiger partial charge is 0.549 e. The standard InChI is InChI=1S/C14H14F2N2.C6H8O4.Pt/c15-11-5-1-9(2-6-11)13(17)14(18)10-3-7-12(16)8-4-10;7-4(8)6(5(9)10)2-1-3-6;/h1-8,13-14H,17-18H2;1-3H2,(H,7,8)(H,9,10);/q;;+2/p-2/t13-,14+;;. The molecule has 0 amide bonds. The van der Waals surface area contributed by atoms with Gasteiger partial charge in [0.15, 0.2) is 0 Å². The molecule has 0 aromatic heterocycles. The minimum Gasteiger partial charge on any atom is -0.549 e. The van der Waals surface area contributed by atoms with E-state index in [1.807, 2.05) is 0 Å². The maximum atomic E-state index is 12.8. The molecule has 0 saturated heterocycles. The van der Waals surface area contributed by atoms with Crippen LogP contribution >= 0.6 is 0 Å². The number of rotatable bonds is 5. The first-order valence-electron chi connectivity index (χ1n) is 8.62. The van der Waals surface area contributed by atoms with Crippen LogP contribution < -0.4 is 21.7 Å². The van der Waals surface area contributed by atoms with Crippen molar-refractivity contribution in [3.63, 3.8) is 0 Å². The van der Waals surface area contributed by atoms with Crippen LogP contribution in [-0.4, -0.2) is 11.9 Å². The Balaban J connectivity index is 0.000000327. The molecule has 2 atom stereocenters. The predicted molar refractivity (Wildman–Crippen MR) is 93.0 cm³/mol. The molecule has 0 heterocycles. The second-order valence-electron chi connectivity index (χ2n) is 6.67. The van der Waals surface area contributed by atoms with Crippen LogP contribution in [0.15, 0.2) is 48.5 Å². The van der Waals surface area contributed by atoms with Crippen LogP contribution in [0.25, 0.3) is 0 Å². The molecule has 4 N–H and O–H groups in total. The normalized spacial score (nSPS) is 16.1. The van der Waals surface area contributed by atoms with Crippen molar-refractivity contribution in [3.05, 3.63) is 71.3 Å². The number of nitrogens with two attached hydrogens (primary N) is 2. The second-order valence-corrected chi connectivity index (χ2v) is 6.67. The molecule has 6 nitrogen and oxygen atoms in total. The first-order chi connectivity index (χ1) is 13.2. The van der Waals surface area contributed by atoms with Crippen LogP contribution in [0.4, 0.5) is 8.78 Å². The van der Waals surface area contributed by atoms with E-state index in [1.54, 1.807) is 24.3 Å². The fourth-order valence-corrected chi connectivity index (χ4v) is 2.81. The van der Waals surface area contributed by atoms with Gasteiger partial charge in [0.1, 0.15) is 11.6 Å². The van der Waals surface area contributed by atoms with Gasteiger partial charge in [-0.15, -0.1) is 0 Å². The number of aliphatic carboxylic acids is 2. The molecule has 0 radical (unpaired) electrons. The van der Waals surface area contributed by atoms with E-state index in [9.17, 15) is 28.6 Å². The number of hydrogen-bond acceptors (Lipinski definition) is 6. The van der Waals surface area contributed by atoms with Gasteiger partial charge in [-0.05, 0) is 48.2 Å². The summed E-state index contributed by atoms with van der Waals surface area (Å²) in [4.78, 5) is 20.4. The molecule has 2 aromatic carbocycles. The van der Waals surface area contributed by atoms with Gasteiger partial charge < -0.3 is 31.3 Å². The van der Waals surface area contributed by atoms with Gasteiger partial charge in [0.25, 0.3) is 0 Å². The summed E-state index contributed by atoms with van der Waals surface area (Å²) in [5.74, 6) is -3.67. The third kappa shape index (κ3) is 5.92. The summed E-state index contributed by atoms with van der Waals surface area (Å²) in [6, 6.07) is 10.8. The Labute approximate surface area is 181 Å². The first kappa shape index (κ1) is 24.9. The Morgan fingerprint density at radius 3 is 1.28 bits per heavy atom. The van der Waals surface area contributed by atoms with E-state index in [4.69, 9.17) is 11.5 Å². The summed E-state index contributed by atoms with van der Waals surface area (Å²) in [6.07, 6.45) is 0.928. The molecular formula is C20H20F2N2O4Pt. The number of carboxylic acid groups (broad SMARTS) is 2. The number of carboxylic acids is 2. The molecular weight excluding hydrogens is 565 g/mol. The van der Waals surface area contributed by atoms with E-state index in [2.05, 4.69) is 0 Å². The number of benzene rings is 2. The maximum absolute atomic E-state index is 12.8. The van der Waals surface area contributed by atoms with Crippen LogP contribution in [0.2, 0.25) is 0 Å². The molecule has 0 unspecified atom stereocenters. The molecule has 29 heavy (non-hydrogen) atoms. The summed E-state index contributed by atoms with van der Waals surface area (Å²) in [5.41, 5.74) is 11.9. The van der Waals surface area contributed by atoms with Crippen molar-refractivity contribution >= 4 is 11.9 Å². The molecule has 3 rings (SSSR count). The number of carbonyl (C=O) groups is 2. The fraction of sp³-hybridized carbons (Fsp3) is 0.300. The SMILES string of the molecule is N[C@H](c1ccc(F)cc1)[C@@H](N)c1ccc(F)cc1.O=C([O-])C1(C(=O)[O-])CCC1.[Pt+2]. The Morgan fingerprint density at radius 1 is 0.793 bits per heavy atom. The van der Waals surface area contributed by atoms with E-state index in [0.29, 0.717) is 6.42 Å². The van der Waals surface area contributed by atoms with Crippen molar-refractivity contribution in [2.45, 2.75) is 31.3 Å². The fourth-order valence-electron chi connectivity index (χ4n) is 2.81. The van der Waals surface area contributed by atoms with Crippen molar-refractivity contribution < 1.29 is 49.6 Å². The second kappa shape index (κ2) is 10.6. The summed E-state index contributed by atoms with van der Waals surface area (Å²) >= 11 is 0. The van der Waals surface area contributed by atoms with Crippen molar-refractivity contribution in [1.82, 2.24) is 0 Å². The van der Waals surface area contributed by atoms with Crippen LogP contribution in [0.3, 0.4) is 0 Å². The van der Waals surface area contributed by atoms with Crippen molar-refractivity contribution in [2.75, 3.05) is 0 Å². The third-order valence-corrected chi connectivity index (χ3v) is 4.89. The summed E-state index contributed by atoms with van der Waals surface area (Å²) < 4.78 is 25.6. The molecule has 2 aromatic rings. The first-order valence-corrected chi connectivity index (χ1v) is 8.62. The summed E-state index contributed by atoms with van der Waals surface area (Å²) in [7, 11) is 0. The zero-order valence-corrected chi connectivity index (χ0v) is 17.5. The van der Waals surface area contributed by atoms with Gasteiger partial charge in [-0.25, -0.2) is 8.78 Å². The van der Waals surface area contributed by atoms with E-state index in [0.717, 1.165) is 11.1 Å². The van der Waals surface area contributed by atoms with Crippen LogP contribution in [0, 0.1) is 17.0 Å². The molecule has 0 spiro atoms. The summed E-state index contributed by atoms with van der Waals surface area (Å²) in [6.45, 7) is 0. The molecule has 9 heteroatoms. The Hall–Kier alpha value is -2.15. The third-order valence-electron chi connectivity index (χ3n) is 4.89.